The van der Waals surface area contributed by atoms with E-state index in [9.17, 15) is 4.79 Å². The second-order valence-corrected chi connectivity index (χ2v) is 4.71. The molecule has 0 unspecified atom stereocenters. The standard InChI is InChI=1S/C17H18N2O4/c1-22-16-9-14(11-19-21)7-8-15(16)23-12-17(20)18-10-13-5-3-2-4-6-13/h2-9,11,21H,10,12H2,1H3,(H,18,20). The Hall–Kier alpha value is -3.02. The van der Waals surface area contributed by atoms with Gasteiger partial charge in [0.25, 0.3) is 5.91 Å². The molecule has 2 aromatic carbocycles. The van der Waals surface area contributed by atoms with Gasteiger partial charge in [0.2, 0.25) is 0 Å². The van der Waals surface area contributed by atoms with Crippen molar-refractivity contribution in [1.29, 1.82) is 0 Å². The molecule has 0 aliphatic carbocycles. The second-order valence-electron chi connectivity index (χ2n) is 4.71. The lowest BCUT2D eigenvalue weighted by Crippen LogP contribution is -2.28. The van der Waals surface area contributed by atoms with E-state index >= 15 is 0 Å². The van der Waals surface area contributed by atoms with Gasteiger partial charge in [0.15, 0.2) is 18.1 Å². The highest BCUT2D eigenvalue weighted by atomic mass is 16.5. The summed E-state index contributed by atoms with van der Waals surface area (Å²) in [5.74, 6) is 0.674. The first-order chi connectivity index (χ1) is 11.2. The lowest BCUT2D eigenvalue weighted by atomic mass is 10.2. The first kappa shape index (κ1) is 16.4. The van der Waals surface area contributed by atoms with Crippen LogP contribution in [0.15, 0.2) is 53.7 Å². The number of carbonyl (C=O) groups is 1. The van der Waals surface area contributed by atoms with E-state index in [4.69, 9.17) is 14.7 Å². The SMILES string of the molecule is COc1cc(C=NO)ccc1OCC(=O)NCc1ccccc1. The maximum atomic E-state index is 11.8. The zero-order chi connectivity index (χ0) is 16.5. The number of hydrogen-bond acceptors (Lipinski definition) is 5. The first-order valence-corrected chi connectivity index (χ1v) is 7.02. The van der Waals surface area contributed by atoms with Gasteiger partial charge in [-0.3, -0.25) is 4.79 Å². The number of amides is 1. The third-order valence-corrected chi connectivity index (χ3v) is 3.09. The van der Waals surface area contributed by atoms with Crippen molar-refractivity contribution in [2.45, 2.75) is 6.54 Å². The fourth-order valence-electron chi connectivity index (χ4n) is 1.94. The Kier molecular flexibility index (Phi) is 5.99. The fourth-order valence-corrected chi connectivity index (χ4v) is 1.94. The van der Waals surface area contributed by atoms with Crippen molar-refractivity contribution in [3.8, 4) is 11.5 Å². The molecule has 0 heterocycles. The van der Waals surface area contributed by atoms with Crippen LogP contribution in [0.4, 0.5) is 0 Å². The van der Waals surface area contributed by atoms with Gasteiger partial charge in [-0.05, 0) is 23.8 Å². The predicted molar refractivity (Wildman–Crippen MR) is 86.2 cm³/mol. The third kappa shape index (κ3) is 5.03. The third-order valence-electron chi connectivity index (χ3n) is 3.09. The van der Waals surface area contributed by atoms with Crippen molar-refractivity contribution < 1.29 is 19.5 Å². The number of oxime groups is 1. The number of nitrogens with zero attached hydrogens (tertiary/aromatic N) is 1. The maximum Gasteiger partial charge on any atom is 0.258 e. The highest BCUT2D eigenvalue weighted by Gasteiger charge is 2.08. The molecule has 2 rings (SSSR count). The molecule has 0 fully saturated rings. The van der Waals surface area contributed by atoms with E-state index < -0.39 is 0 Å². The summed E-state index contributed by atoms with van der Waals surface area (Å²) in [5.41, 5.74) is 1.68. The number of nitrogens with one attached hydrogen (secondary N) is 1. The highest BCUT2D eigenvalue weighted by Crippen LogP contribution is 2.27. The van der Waals surface area contributed by atoms with Gasteiger partial charge in [0, 0.05) is 12.1 Å². The maximum absolute atomic E-state index is 11.8. The molecule has 2 aromatic rings. The smallest absolute Gasteiger partial charge is 0.258 e. The number of ether oxygens (including phenoxy) is 2. The molecule has 0 radical (unpaired) electrons. The minimum Gasteiger partial charge on any atom is -0.493 e. The zero-order valence-electron chi connectivity index (χ0n) is 12.7. The summed E-state index contributed by atoms with van der Waals surface area (Å²) >= 11 is 0. The van der Waals surface area contributed by atoms with Crippen LogP contribution in [0.25, 0.3) is 0 Å². The summed E-state index contributed by atoms with van der Waals surface area (Å²) in [6.07, 6.45) is 1.28. The van der Waals surface area contributed by atoms with Crippen LogP contribution in [-0.2, 0) is 11.3 Å². The van der Waals surface area contributed by atoms with Crippen molar-refractivity contribution >= 4 is 12.1 Å². The van der Waals surface area contributed by atoms with Crippen LogP contribution in [0.1, 0.15) is 11.1 Å². The molecule has 6 nitrogen and oxygen atoms in total. The average molecular weight is 314 g/mol. The van der Waals surface area contributed by atoms with Crippen molar-refractivity contribution in [2.75, 3.05) is 13.7 Å². The van der Waals surface area contributed by atoms with E-state index in [0.29, 0.717) is 23.6 Å². The predicted octanol–water partition coefficient (Wildman–Crippen LogP) is 2.20. The van der Waals surface area contributed by atoms with Gasteiger partial charge in [0.05, 0.1) is 13.3 Å². The molecule has 0 bridgehead atoms. The zero-order valence-corrected chi connectivity index (χ0v) is 12.7. The van der Waals surface area contributed by atoms with Crippen LogP contribution >= 0.6 is 0 Å². The minimum atomic E-state index is -0.225. The molecule has 0 aliphatic rings. The lowest BCUT2D eigenvalue weighted by Gasteiger charge is -2.11. The molecule has 0 spiro atoms. The minimum absolute atomic E-state index is 0.114. The monoisotopic (exact) mass is 314 g/mol. The Morgan fingerprint density at radius 1 is 1.22 bits per heavy atom. The molecular formula is C17H18N2O4. The quantitative estimate of drug-likeness (QED) is 0.466. The summed E-state index contributed by atoms with van der Waals surface area (Å²) in [5, 5.41) is 14.3. The summed E-state index contributed by atoms with van der Waals surface area (Å²) < 4.78 is 10.7. The number of benzene rings is 2. The molecule has 0 atom stereocenters. The van der Waals surface area contributed by atoms with Gasteiger partial charge in [-0.15, -0.1) is 0 Å². The Labute approximate surface area is 134 Å². The van der Waals surface area contributed by atoms with Crippen LogP contribution in [0.2, 0.25) is 0 Å². The van der Waals surface area contributed by atoms with Gasteiger partial charge < -0.3 is 20.0 Å². The Morgan fingerprint density at radius 2 is 2.00 bits per heavy atom. The van der Waals surface area contributed by atoms with E-state index in [2.05, 4.69) is 10.5 Å². The van der Waals surface area contributed by atoms with Crippen LogP contribution < -0.4 is 14.8 Å². The molecule has 120 valence electrons. The van der Waals surface area contributed by atoms with Gasteiger partial charge in [-0.25, -0.2) is 0 Å². The number of hydrogen-bond donors (Lipinski definition) is 2. The molecule has 23 heavy (non-hydrogen) atoms. The molecule has 0 aliphatic heterocycles. The summed E-state index contributed by atoms with van der Waals surface area (Å²) in [6, 6.07) is 14.6. The fraction of sp³-hybridized carbons (Fsp3) is 0.176. The molecule has 6 heteroatoms. The van der Waals surface area contributed by atoms with Gasteiger partial charge in [-0.1, -0.05) is 35.5 Å². The molecule has 0 saturated carbocycles. The van der Waals surface area contributed by atoms with Crippen LogP contribution in [0.5, 0.6) is 11.5 Å². The van der Waals surface area contributed by atoms with Gasteiger partial charge in [0.1, 0.15) is 0 Å². The van der Waals surface area contributed by atoms with Crippen LogP contribution in [0.3, 0.4) is 0 Å². The van der Waals surface area contributed by atoms with E-state index in [0.717, 1.165) is 5.56 Å². The molecular weight excluding hydrogens is 296 g/mol. The topological polar surface area (TPSA) is 80.2 Å². The summed E-state index contributed by atoms with van der Waals surface area (Å²) in [4.78, 5) is 11.8. The molecule has 1 amide bonds. The van der Waals surface area contributed by atoms with Crippen molar-refractivity contribution in [3.63, 3.8) is 0 Å². The van der Waals surface area contributed by atoms with Crippen LogP contribution in [-0.4, -0.2) is 31.0 Å². The Morgan fingerprint density at radius 3 is 2.70 bits per heavy atom. The number of rotatable bonds is 7. The number of carbonyl (C=O) groups excluding carboxylic acids is 1. The molecule has 0 aromatic heterocycles. The lowest BCUT2D eigenvalue weighted by molar-refractivity contribution is -0.123. The Balaban J connectivity index is 1.88. The van der Waals surface area contributed by atoms with E-state index in [-0.39, 0.29) is 12.5 Å². The van der Waals surface area contributed by atoms with E-state index in [1.165, 1.54) is 13.3 Å². The van der Waals surface area contributed by atoms with Crippen molar-refractivity contribution in [2.24, 2.45) is 5.16 Å². The van der Waals surface area contributed by atoms with E-state index in [1.807, 2.05) is 30.3 Å². The van der Waals surface area contributed by atoms with Crippen molar-refractivity contribution in [3.05, 3.63) is 59.7 Å². The first-order valence-electron chi connectivity index (χ1n) is 7.02. The average Bonchev–Trinajstić information content (AvgIpc) is 2.59. The summed E-state index contributed by atoms with van der Waals surface area (Å²) in [6.45, 7) is 0.336. The van der Waals surface area contributed by atoms with Gasteiger partial charge >= 0.3 is 0 Å². The highest BCUT2D eigenvalue weighted by molar-refractivity contribution is 5.80. The number of methoxy groups -OCH3 is 1. The van der Waals surface area contributed by atoms with Crippen molar-refractivity contribution in [1.82, 2.24) is 5.32 Å². The Bertz CT molecular complexity index is 672. The van der Waals surface area contributed by atoms with E-state index in [1.54, 1.807) is 18.2 Å². The van der Waals surface area contributed by atoms with Crippen LogP contribution in [0, 0.1) is 0 Å². The largest absolute Gasteiger partial charge is 0.493 e. The summed E-state index contributed by atoms with van der Waals surface area (Å²) in [7, 11) is 1.50. The molecule has 0 saturated heterocycles. The molecule has 2 N–H and O–H groups in total. The van der Waals surface area contributed by atoms with Gasteiger partial charge in [-0.2, -0.15) is 0 Å². The second kappa shape index (κ2) is 8.43. The normalized spacial score (nSPS) is 10.5.